The largest absolute Gasteiger partial charge is 0.319 e. The van der Waals surface area contributed by atoms with Crippen LogP contribution >= 0.6 is 15.9 Å². The average molecular weight is 328 g/mol. The maximum absolute atomic E-state index is 10.9. The SMILES string of the molecule is CNCC1CCN(Cc2ccc(Br)c([N+](=O)[O-])c2)C1. The van der Waals surface area contributed by atoms with Gasteiger partial charge in [0.15, 0.2) is 0 Å². The first-order valence-corrected chi connectivity index (χ1v) is 7.19. The Labute approximate surface area is 121 Å². The van der Waals surface area contributed by atoms with E-state index in [9.17, 15) is 10.1 Å². The molecule has 1 N–H and O–H groups in total. The van der Waals surface area contributed by atoms with E-state index in [4.69, 9.17) is 0 Å². The van der Waals surface area contributed by atoms with Crippen LogP contribution in [0.3, 0.4) is 0 Å². The van der Waals surface area contributed by atoms with E-state index in [1.54, 1.807) is 12.1 Å². The summed E-state index contributed by atoms with van der Waals surface area (Å²) in [5.74, 6) is 0.690. The molecule has 0 radical (unpaired) electrons. The van der Waals surface area contributed by atoms with Gasteiger partial charge in [-0.25, -0.2) is 0 Å². The summed E-state index contributed by atoms with van der Waals surface area (Å²) in [6, 6.07) is 5.37. The fraction of sp³-hybridized carbons (Fsp3) is 0.538. The Morgan fingerprint density at radius 1 is 1.58 bits per heavy atom. The molecule has 0 aromatic heterocycles. The predicted molar refractivity (Wildman–Crippen MR) is 78.1 cm³/mol. The third-order valence-electron chi connectivity index (χ3n) is 3.48. The van der Waals surface area contributed by atoms with E-state index in [-0.39, 0.29) is 10.6 Å². The first-order chi connectivity index (χ1) is 9.10. The van der Waals surface area contributed by atoms with Crippen LogP contribution in [-0.2, 0) is 6.54 Å². The van der Waals surface area contributed by atoms with Crippen LogP contribution in [0.2, 0.25) is 0 Å². The molecule has 1 aliphatic heterocycles. The van der Waals surface area contributed by atoms with Gasteiger partial charge in [-0.1, -0.05) is 6.07 Å². The molecule has 1 aliphatic rings. The Morgan fingerprint density at radius 3 is 3.05 bits per heavy atom. The fourth-order valence-corrected chi connectivity index (χ4v) is 2.96. The first kappa shape index (κ1) is 14.4. The first-order valence-electron chi connectivity index (χ1n) is 6.40. The van der Waals surface area contributed by atoms with E-state index in [0.29, 0.717) is 10.4 Å². The molecule has 1 heterocycles. The molecule has 5 nitrogen and oxygen atoms in total. The van der Waals surface area contributed by atoms with Crippen LogP contribution in [0.25, 0.3) is 0 Å². The van der Waals surface area contributed by atoms with Gasteiger partial charge in [0.25, 0.3) is 5.69 Å². The van der Waals surface area contributed by atoms with Gasteiger partial charge in [0.05, 0.1) is 9.40 Å². The summed E-state index contributed by atoms with van der Waals surface area (Å²) in [6.07, 6.45) is 1.19. The Balaban J connectivity index is 2.00. The standard InChI is InChI=1S/C13H18BrN3O2/c1-15-7-11-4-5-16(9-11)8-10-2-3-12(14)13(6-10)17(18)19/h2-3,6,11,15H,4-5,7-9H2,1H3. The zero-order valence-electron chi connectivity index (χ0n) is 10.9. The van der Waals surface area contributed by atoms with Crippen molar-refractivity contribution in [1.29, 1.82) is 0 Å². The predicted octanol–water partition coefficient (Wildman–Crippen LogP) is 2.40. The molecule has 6 heteroatoms. The Kier molecular flexibility index (Phi) is 4.90. The van der Waals surface area contributed by atoms with Crippen LogP contribution in [0.15, 0.2) is 22.7 Å². The summed E-state index contributed by atoms with van der Waals surface area (Å²) < 4.78 is 0.538. The van der Waals surface area contributed by atoms with Gasteiger partial charge in [0.2, 0.25) is 0 Å². The highest BCUT2D eigenvalue weighted by atomic mass is 79.9. The second kappa shape index (κ2) is 6.45. The Hall–Kier alpha value is -0.980. The van der Waals surface area contributed by atoms with Crippen LogP contribution in [0.4, 0.5) is 5.69 Å². The zero-order chi connectivity index (χ0) is 13.8. The molecular weight excluding hydrogens is 310 g/mol. The number of rotatable bonds is 5. The van der Waals surface area contributed by atoms with Gasteiger partial charge >= 0.3 is 0 Å². The van der Waals surface area contributed by atoms with Crippen molar-refractivity contribution in [3.8, 4) is 0 Å². The van der Waals surface area contributed by atoms with Crippen molar-refractivity contribution in [2.45, 2.75) is 13.0 Å². The molecule has 0 aliphatic carbocycles. The lowest BCUT2D eigenvalue weighted by molar-refractivity contribution is -0.385. The van der Waals surface area contributed by atoms with Gasteiger partial charge in [-0.05, 0) is 60.0 Å². The molecule has 104 valence electrons. The van der Waals surface area contributed by atoms with Crippen LogP contribution in [0.5, 0.6) is 0 Å². The number of hydrogen-bond acceptors (Lipinski definition) is 4. The minimum atomic E-state index is -0.346. The van der Waals surface area contributed by atoms with Crippen molar-refractivity contribution in [2.24, 2.45) is 5.92 Å². The smallest absolute Gasteiger partial charge is 0.283 e. The van der Waals surface area contributed by atoms with Gasteiger partial charge in [-0.3, -0.25) is 15.0 Å². The van der Waals surface area contributed by atoms with E-state index in [1.165, 1.54) is 6.42 Å². The summed E-state index contributed by atoms with van der Waals surface area (Å²) in [5.41, 5.74) is 1.14. The van der Waals surface area contributed by atoms with E-state index < -0.39 is 0 Å². The number of nitro groups is 1. The maximum Gasteiger partial charge on any atom is 0.283 e. The highest BCUT2D eigenvalue weighted by Crippen LogP contribution is 2.27. The number of likely N-dealkylation sites (tertiary alicyclic amines) is 1. The Bertz CT molecular complexity index is 467. The van der Waals surface area contributed by atoms with Gasteiger partial charge < -0.3 is 5.32 Å². The van der Waals surface area contributed by atoms with Crippen molar-refractivity contribution < 1.29 is 4.92 Å². The van der Waals surface area contributed by atoms with Crippen LogP contribution < -0.4 is 5.32 Å². The minimum absolute atomic E-state index is 0.142. The molecule has 0 amide bonds. The Morgan fingerprint density at radius 2 is 2.37 bits per heavy atom. The minimum Gasteiger partial charge on any atom is -0.319 e. The number of hydrogen-bond donors (Lipinski definition) is 1. The normalized spacial score (nSPS) is 19.8. The molecule has 19 heavy (non-hydrogen) atoms. The van der Waals surface area contributed by atoms with Gasteiger partial charge in [0, 0.05) is 19.2 Å². The van der Waals surface area contributed by atoms with Gasteiger partial charge in [-0.15, -0.1) is 0 Å². The van der Waals surface area contributed by atoms with E-state index in [0.717, 1.165) is 31.7 Å². The van der Waals surface area contributed by atoms with Crippen molar-refractivity contribution >= 4 is 21.6 Å². The van der Waals surface area contributed by atoms with E-state index in [2.05, 4.69) is 26.1 Å². The van der Waals surface area contributed by atoms with Crippen molar-refractivity contribution in [3.63, 3.8) is 0 Å². The van der Waals surface area contributed by atoms with Gasteiger partial charge in [-0.2, -0.15) is 0 Å². The molecule has 0 bridgehead atoms. The second-order valence-corrected chi connectivity index (χ2v) is 5.84. The lowest BCUT2D eigenvalue weighted by Gasteiger charge is -2.16. The lowest BCUT2D eigenvalue weighted by atomic mass is 10.1. The van der Waals surface area contributed by atoms with E-state index >= 15 is 0 Å². The molecule has 1 aromatic rings. The summed E-state index contributed by atoms with van der Waals surface area (Å²) in [6.45, 7) is 3.95. The molecular formula is C13H18BrN3O2. The number of nitro benzene ring substituents is 1. The molecule has 1 saturated heterocycles. The summed E-state index contributed by atoms with van der Waals surface area (Å²) in [5, 5.41) is 14.1. The average Bonchev–Trinajstić information content (AvgIpc) is 2.79. The second-order valence-electron chi connectivity index (χ2n) is 4.99. The molecule has 1 atom stereocenters. The van der Waals surface area contributed by atoms with Crippen molar-refractivity contribution in [2.75, 3.05) is 26.7 Å². The molecule has 1 unspecified atom stereocenters. The zero-order valence-corrected chi connectivity index (χ0v) is 12.5. The number of nitrogens with zero attached hydrogens (tertiary/aromatic N) is 2. The highest BCUT2D eigenvalue weighted by Gasteiger charge is 2.22. The van der Waals surface area contributed by atoms with Crippen molar-refractivity contribution in [3.05, 3.63) is 38.3 Å². The molecule has 0 spiro atoms. The lowest BCUT2D eigenvalue weighted by Crippen LogP contribution is -2.24. The number of benzene rings is 1. The highest BCUT2D eigenvalue weighted by molar-refractivity contribution is 9.10. The van der Waals surface area contributed by atoms with Crippen LogP contribution in [0, 0.1) is 16.0 Å². The summed E-state index contributed by atoms with van der Waals surface area (Å²) >= 11 is 3.21. The summed E-state index contributed by atoms with van der Waals surface area (Å²) in [7, 11) is 1.97. The summed E-state index contributed by atoms with van der Waals surface area (Å²) in [4.78, 5) is 12.9. The molecule has 0 saturated carbocycles. The molecule has 1 aromatic carbocycles. The topological polar surface area (TPSA) is 58.4 Å². The quantitative estimate of drug-likeness (QED) is 0.666. The fourth-order valence-electron chi connectivity index (χ4n) is 2.57. The van der Waals surface area contributed by atoms with E-state index in [1.807, 2.05) is 13.1 Å². The molecule has 1 fully saturated rings. The van der Waals surface area contributed by atoms with Gasteiger partial charge in [0.1, 0.15) is 0 Å². The third-order valence-corrected chi connectivity index (χ3v) is 4.15. The van der Waals surface area contributed by atoms with Crippen molar-refractivity contribution in [1.82, 2.24) is 10.2 Å². The monoisotopic (exact) mass is 327 g/mol. The third kappa shape index (κ3) is 3.75. The number of nitrogens with one attached hydrogen (secondary N) is 1. The molecule has 2 rings (SSSR count). The number of halogens is 1. The van der Waals surface area contributed by atoms with Crippen LogP contribution in [0.1, 0.15) is 12.0 Å². The van der Waals surface area contributed by atoms with Crippen LogP contribution in [-0.4, -0.2) is 36.5 Å². The maximum atomic E-state index is 10.9.